The molecule has 1 aromatic heterocycles. The summed E-state index contributed by atoms with van der Waals surface area (Å²) in [5.74, 6) is 3.07. The number of aromatic nitrogens is 2. The summed E-state index contributed by atoms with van der Waals surface area (Å²) in [5.41, 5.74) is 0. The third kappa shape index (κ3) is 4.28. The molecule has 0 unspecified atom stereocenters. The van der Waals surface area contributed by atoms with Crippen LogP contribution in [-0.2, 0) is 11.2 Å². The number of ether oxygens (including phenoxy) is 1. The van der Waals surface area contributed by atoms with Crippen LogP contribution in [0.15, 0.2) is 4.52 Å². The lowest BCUT2D eigenvalue weighted by Crippen LogP contribution is -2.08. The Labute approximate surface area is 113 Å². The molecule has 0 radical (unpaired) electrons. The Kier molecular flexibility index (Phi) is 4.67. The average molecular weight is 270 g/mol. The Balaban J connectivity index is 1.73. The Morgan fingerprint density at radius 1 is 1.39 bits per heavy atom. The van der Waals surface area contributed by atoms with Crippen LogP contribution in [0, 0.1) is 0 Å². The van der Waals surface area contributed by atoms with E-state index < -0.39 is 0 Å². The lowest BCUT2D eigenvalue weighted by molar-refractivity contribution is 0.192. The van der Waals surface area contributed by atoms with Crippen molar-refractivity contribution >= 4 is 11.8 Å². The molecule has 102 valence electrons. The van der Waals surface area contributed by atoms with E-state index in [1.165, 1.54) is 0 Å². The fraction of sp³-hybridized carbons (Fsp3) is 0.846. The van der Waals surface area contributed by atoms with Gasteiger partial charge in [-0.25, -0.2) is 0 Å². The fourth-order valence-electron chi connectivity index (χ4n) is 1.88. The molecule has 0 N–H and O–H groups in total. The van der Waals surface area contributed by atoms with Gasteiger partial charge in [0.2, 0.25) is 5.89 Å². The van der Waals surface area contributed by atoms with Crippen molar-refractivity contribution in [2.45, 2.75) is 50.7 Å². The largest absolute Gasteiger partial charge is 0.381 e. The minimum absolute atomic E-state index is 0.335. The summed E-state index contributed by atoms with van der Waals surface area (Å²) in [7, 11) is 0. The van der Waals surface area contributed by atoms with Gasteiger partial charge >= 0.3 is 0 Å². The molecule has 0 aliphatic carbocycles. The summed E-state index contributed by atoms with van der Waals surface area (Å²) < 4.78 is 10.9. The second-order valence-corrected chi connectivity index (χ2v) is 7.59. The molecule has 0 amide bonds. The zero-order valence-corrected chi connectivity index (χ0v) is 12.3. The molecule has 1 aliphatic heterocycles. The van der Waals surface area contributed by atoms with Crippen LogP contribution in [-0.4, -0.2) is 33.9 Å². The van der Waals surface area contributed by atoms with Crippen LogP contribution < -0.4 is 0 Å². The van der Waals surface area contributed by atoms with Crippen LogP contribution in [0.1, 0.15) is 51.2 Å². The molecule has 1 aromatic rings. The summed E-state index contributed by atoms with van der Waals surface area (Å²) in [4.78, 5) is 4.46. The molecule has 5 heteroatoms. The van der Waals surface area contributed by atoms with E-state index in [4.69, 9.17) is 9.26 Å². The van der Waals surface area contributed by atoms with Crippen LogP contribution in [0.5, 0.6) is 0 Å². The van der Waals surface area contributed by atoms with Gasteiger partial charge in [-0.3, -0.25) is 0 Å². The van der Waals surface area contributed by atoms with Crippen LogP contribution in [0.3, 0.4) is 0 Å². The lowest BCUT2D eigenvalue weighted by atomic mass is 10.1. The van der Waals surface area contributed by atoms with E-state index in [0.717, 1.165) is 49.9 Å². The third-order valence-corrected chi connectivity index (χ3v) is 4.21. The van der Waals surface area contributed by atoms with E-state index in [1.807, 2.05) is 11.8 Å². The molecule has 4 nitrogen and oxygen atoms in total. The van der Waals surface area contributed by atoms with Gasteiger partial charge in [-0.15, -0.1) is 0 Å². The molecular formula is C13H22N2O2S. The van der Waals surface area contributed by atoms with Crippen LogP contribution in [0.25, 0.3) is 0 Å². The second-order valence-electron chi connectivity index (χ2n) is 5.67. The lowest BCUT2D eigenvalue weighted by Gasteiger charge is -2.16. The van der Waals surface area contributed by atoms with Gasteiger partial charge in [0.25, 0.3) is 0 Å². The number of nitrogens with zero attached hydrogens (tertiary/aromatic N) is 2. The van der Waals surface area contributed by atoms with E-state index in [0.29, 0.717) is 10.7 Å². The monoisotopic (exact) mass is 270 g/mol. The minimum Gasteiger partial charge on any atom is -0.381 e. The number of thioether (sulfide) groups is 1. The Morgan fingerprint density at radius 2 is 2.22 bits per heavy atom. The van der Waals surface area contributed by atoms with Crippen molar-refractivity contribution in [1.82, 2.24) is 10.1 Å². The summed E-state index contributed by atoms with van der Waals surface area (Å²) in [5, 5.41) is 4.05. The van der Waals surface area contributed by atoms with E-state index >= 15 is 0 Å². The summed E-state index contributed by atoms with van der Waals surface area (Å²) in [6, 6.07) is 0. The molecular weight excluding hydrogens is 248 g/mol. The fourth-order valence-corrected chi connectivity index (χ4v) is 2.78. The normalized spacial score (nSPS) is 20.5. The van der Waals surface area contributed by atoms with Gasteiger partial charge in [0.1, 0.15) is 0 Å². The molecule has 0 saturated carbocycles. The molecule has 0 spiro atoms. The topological polar surface area (TPSA) is 48.2 Å². The van der Waals surface area contributed by atoms with E-state index in [-0.39, 0.29) is 0 Å². The van der Waals surface area contributed by atoms with Gasteiger partial charge in [0.05, 0.1) is 6.61 Å². The average Bonchev–Trinajstić information content (AvgIpc) is 2.93. The predicted molar refractivity (Wildman–Crippen MR) is 73.0 cm³/mol. The van der Waals surface area contributed by atoms with E-state index in [9.17, 15) is 0 Å². The zero-order chi connectivity index (χ0) is 13.0. The molecule has 2 heterocycles. The quantitative estimate of drug-likeness (QED) is 0.770. The Morgan fingerprint density at radius 3 is 2.89 bits per heavy atom. The highest BCUT2D eigenvalue weighted by atomic mass is 32.2. The molecule has 1 aliphatic rings. The maximum Gasteiger partial charge on any atom is 0.226 e. The van der Waals surface area contributed by atoms with Gasteiger partial charge in [-0.2, -0.15) is 16.7 Å². The van der Waals surface area contributed by atoms with Gasteiger partial charge in [-0.05, 0) is 18.6 Å². The van der Waals surface area contributed by atoms with Crippen molar-refractivity contribution in [3.63, 3.8) is 0 Å². The standard InChI is InChI=1S/C13H22N2O2S/c1-13(2,3)18-8-4-5-11-14-12(15-17-11)10-6-7-16-9-10/h10H,4-9H2,1-3H3/t10-/m0/s1. The third-order valence-electron chi connectivity index (χ3n) is 2.85. The van der Waals surface area contributed by atoms with Crippen molar-refractivity contribution in [2.75, 3.05) is 19.0 Å². The number of hydrogen-bond acceptors (Lipinski definition) is 5. The first kappa shape index (κ1) is 13.9. The first-order valence-electron chi connectivity index (χ1n) is 6.59. The van der Waals surface area contributed by atoms with Gasteiger partial charge in [0, 0.05) is 23.7 Å². The molecule has 18 heavy (non-hydrogen) atoms. The highest BCUT2D eigenvalue weighted by Crippen LogP contribution is 2.25. The number of hydrogen-bond donors (Lipinski definition) is 0. The summed E-state index contributed by atoms with van der Waals surface area (Å²) in [6.07, 6.45) is 2.98. The van der Waals surface area contributed by atoms with E-state index in [1.54, 1.807) is 0 Å². The van der Waals surface area contributed by atoms with Crippen molar-refractivity contribution in [1.29, 1.82) is 0 Å². The first-order chi connectivity index (χ1) is 8.54. The Hall–Kier alpha value is -0.550. The predicted octanol–water partition coefficient (Wildman–Crippen LogP) is 3.04. The second kappa shape index (κ2) is 6.06. The SMILES string of the molecule is CC(C)(C)SCCCc1nc([C@H]2CCOC2)no1. The molecule has 0 bridgehead atoms. The molecule has 1 atom stereocenters. The minimum atomic E-state index is 0.335. The van der Waals surface area contributed by atoms with Gasteiger partial charge in [0.15, 0.2) is 5.82 Å². The zero-order valence-electron chi connectivity index (χ0n) is 11.4. The van der Waals surface area contributed by atoms with E-state index in [2.05, 4.69) is 30.9 Å². The van der Waals surface area contributed by atoms with Crippen molar-refractivity contribution in [3.8, 4) is 0 Å². The van der Waals surface area contributed by atoms with Crippen LogP contribution in [0.2, 0.25) is 0 Å². The molecule has 1 saturated heterocycles. The molecule has 0 aromatic carbocycles. The van der Waals surface area contributed by atoms with Crippen molar-refractivity contribution in [3.05, 3.63) is 11.7 Å². The highest BCUT2D eigenvalue weighted by Gasteiger charge is 2.22. The maximum atomic E-state index is 5.33. The number of rotatable bonds is 5. The summed E-state index contributed by atoms with van der Waals surface area (Å²) >= 11 is 1.98. The van der Waals surface area contributed by atoms with Crippen LogP contribution >= 0.6 is 11.8 Å². The smallest absolute Gasteiger partial charge is 0.226 e. The maximum absolute atomic E-state index is 5.33. The van der Waals surface area contributed by atoms with Crippen molar-refractivity contribution < 1.29 is 9.26 Å². The first-order valence-corrected chi connectivity index (χ1v) is 7.57. The van der Waals surface area contributed by atoms with Crippen LogP contribution in [0.4, 0.5) is 0 Å². The van der Waals surface area contributed by atoms with Crippen molar-refractivity contribution in [2.24, 2.45) is 0 Å². The molecule has 1 fully saturated rings. The summed E-state index contributed by atoms with van der Waals surface area (Å²) in [6.45, 7) is 8.27. The van der Waals surface area contributed by atoms with Gasteiger partial charge < -0.3 is 9.26 Å². The highest BCUT2D eigenvalue weighted by molar-refractivity contribution is 8.00. The molecule has 2 rings (SSSR count). The Bertz CT molecular complexity index is 367. The number of aryl methyl sites for hydroxylation is 1. The van der Waals surface area contributed by atoms with Gasteiger partial charge in [-0.1, -0.05) is 25.9 Å².